The molecule has 1 aromatic heterocycles. The summed E-state index contributed by atoms with van der Waals surface area (Å²) >= 11 is 0. The molecule has 2 N–H and O–H groups in total. The number of halogens is 1. The number of aliphatic hydroxyl groups is 1. The number of aromatic nitrogens is 2. The lowest BCUT2D eigenvalue weighted by Gasteiger charge is -2.27. The maximum absolute atomic E-state index is 14.7. The maximum Gasteiger partial charge on any atom is 0.330 e. The van der Waals surface area contributed by atoms with Gasteiger partial charge in [-0.1, -0.05) is 0 Å². The lowest BCUT2D eigenvalue weighted by Crippen LogP contribution is -2.42. The summed E-state index contributed by atoms with van der Waals surface area (Å²) in [4.78, 5) is 25.0. The van der Waals surface area contributed by atoms with Gasteiger partial charge < -0.3 is 19.3 Å². The molecule has 0 unspecified atom stereocenters. The van der Waals surface area contributed by atoms with Crippen molar-refractivity contribution in [1.29, 1.82) is 0 Å². The molecule has 116 valence electrons. The molecule has 0 bridgehead atoms. The smallest absolute Gasteiger partial charge is 0.330 e. The first kappa shape index (κ1) is 13.1. The van der Waals surface area contributed by atoms with Crippen LogP contribution in [0.15, 0.2) is 21.9 Å². The fourth-order valence-electron chi connectivity index (χ4n) is 2.45. The highest BCUT2D eigenvalue weighted by Crippen LogP contribution is 2.48. The fourth-order valence-corrected chi connectivity index (χ4v) is 2.45. The number of nitrogens with zero attached hydrogens (tertiary/aromatic N) is 1. The quantitative estimate of drug-likeness (QED) is 0.745. The highest BCUT2D eigenvalue weighted by atomic mass is 19.2. The molecule has 4 atom stereocenters. The number of fused-ring (bicyclic) bond motifs is 1. The Morgan fingerprint density at radius 1 is 1.48 bits per heavy atom. The van der Waals surface area contributed by atoms with Crippen LogP contribution in [0.25, 0.3) is 0 Å². The van der Waals surface area contributed by atoms with Gasteiger partial charge in [-0.2, -0.15) is 0 Å². The Balaban J connectivity index is 2.13. The molecule has 0 radical (unpaired) electrons. The molecule has 2 saturated heterocycles. The third kappa shape index (κ3) is 2.22. The number of aromatic amines is 1. The van der Waals surface area contributed by atoms with Crippen molar-refractivity contribution < 1.29 is 25.1 Å². The molecular weight excluding hydrogens is 287 g/mol. The van der Waals surface area contributed by atoms with Crippen LogP contribution in [-0.4, -0.2) is 45.1 Å². The lowest BCUT2D eigenvalue weighted by atomic mass is 10.1. The van der Waals surface area contributed by atoms with Crippen LogP contribution >= 0.6 is 0 Å². The number of H-pyrrole nitrogens is 1. The predicted octanol–water partition coefficient (Wildman–Crippen LogP) is -0.756. The van der Waals surface area contributed by atoms with E-state index >= 15 is 0 Å². The Hall–Kier alpha value is -1.55. The van der Waals surface area contributed by atoms with Gasteiger partial charge in [-0.25, -0.2) is 9.18 Å². The number of aliphatic hydroxyl groups excluding tert-OH is 1. The molecule has 21 heavy (non-hydrogen) atoms. The molecule has 3 heterocycles. The second-order valence-corrected chi connectivity index (χ2v) is 5.34. The van der Waals surface area contributed by atoms with Crippen LogP contribution in [0.1, 0.15) is 21.4 Å². The van der Waals surface area contributed by atoms with Crippen LogP contribution in [0.4, 0.5) is 4.39 Å². The molecule has 2 fully saturated rings. The zero-order valence-corrected chi connectivity index (χ0v) is 11.3. The molecule has 0 amide bonds. The highest BCUT2D eigenvalue weighted by Gasteiger charge is 2.64. The van der Waals surface area contributed by atoms with Crippen molar-refractivity contribution in [1.82, 2.24) is 9.55 Å². The van der Waals surface area contributed by atoms with Crippen LogP contribution < -0.4 is 11.2 Å². The van der Waals surface area contributed by atoms with Crippen molar-refractivity contribution >= 4 is 0 Å². The molecule has 3 rings (SSSR count). The largest absolute Gasteiger partial charge is 0.390 e. The summed E-state index contributed by atoms with van der Waals surface area (Å²) in [6, 6.07) is 0.994. The second kappa shape index (κ2) is 4.47. The summed E-state index contributed by atoms with van der Waals surface area (Å²) in [6.07, 6.45) is -4.05. The van der Waals surface area contributed by atoms with E-state index in [4.69, 9.17) is 15.6 Å². The SMILES string of the molecule is [2H][C@@]1(n2ccc(=O)[nH]c2=O)O[C@](F)(CO)[C@H]2OC(C)(C)O[C@H]21. The first-order valence-corrected chi connectivity index (χ1v) is 6.29. The summed E-state index contributed by atoms with van der Waals surface area (Å²) in [5, 5.41) is 9.27. The molecule has 9 heteroatoms. The van der Waals surface area contributed by atoms with Crippen molar-refractivity contribution in [3.8, 4) is 0 Å². The monoisotopic (exact) mass is 303 g/mol. The Labute approximate surface area is 119 Å². The van der Waals surface area contributed by atoms with E-state index < -0.39 is 47.9 Å². The first-order valence-electron chi connectivity index (χ1n) is 6.79. The molecule has 2 aliphatic rings. The summed E-state index contributed by atoms with van der Waals surface area (Å²) in [5.41, 5.74) is -1.63. The van der Waals surface area contributed by atoms with E-state index in [9.17, 15) is 19.1 Å². The van der Waals surface area contributed by atoms with E-state index in [1.54, 1.807) is 0 Å². The van der Waals surface area contributed by atoms with Gasteiger partial charge in [0.1, 0.15) is 12.7 Å². The third-order valence-electron chi connectivity index (χ3n) is 3.32. The normalized spacial score (nSPS) is 41.8. The van der Waals surface area contributed by atoms with Crippen LogP contribution in [-0.2, 0) is 14.2 Å². The Kier molecular flexibility index (Phi) is 2.80. The number of rotatable bonds is 2. The van der Waals surface area contributed by atoms with Gasteiger partial charge in [-0.3, -0.25) is 14.3 Å². The van der Waals surface area contributed by atoms with Crippen molar-refractivity contribution in [3.63, 3.8) is 0 Å². The van der Waals surface area contributed by atoms with Crippen LogP contribution in [0.3, 0.4) is 0 Å². The fraction of sp³-hybridized carbons (Fsp3) is 0.667. The van der Waals surface area contributed by atoms with Gasteiger partial charge in [-0.05, 0) is 13.8 Å². The zero-order valence-electron chi connectivity index (χ0n) is 12.3. The van der Waals surface area contributed by atoms with Crippen molar-refractivity contribution in [3.05, 3.63) is 33.1 Å². The molecule has 1 aromatic rings. The minimum atomic E-state index is -2.71. The van der Waals surface area contributed by atoms with E-state index in [0.29, 0.717) is 4.57 Å². The van der Waals surface area contributed by atoms with E-state index in [1.807, 2.05) is 4.98 Å². The molecule has 0 aromatic carbocycles. The van der Waals surface area contributed by atoms with Crippen LogP contribution in [0.2, 0.25) is 0 Å². The molecule has 0 aliphatic carbocycles. The topological polar surface area (TPSA) is 103 Å². The summed E-state index contributed by atoms with van der Waals surface area (Å²) in [7, 11) is 0. The molecule has 0 saturated carbocycles. The van der Waals surface area contributed by atoms with Gasteiger partial charge >= 0.3 is 5.69 Å². The predicted molar refractivity (Wildman–Crippen MR) is 66.2 cm³/mol. The maximum atomic E-state index is 14.7. The summed E-state index contributed by atoms with van der Waals surface area (Å²) in [6.45, 7) is 1.95. The van der Waals surface area contributed by atoms with Gasteiger partial charge in [0.25, 0.3) is 11.4 Å². The van der Waals surface area contributed by atoms with Gasteiger partial charge in [0.15, 0.2) is 18.1 Å². The van der Waals surface area contributed by atoms with Crippen molar-refractivity contribution in [2.45, 2.75) is 43.9 Å². The van der Waals surface area contributed by atoms with Gasteiger partial charge in [0.05, 0.1) is 1.37 Å². The van der Waals surface area contributed by atoms with Gasteiger partial charge in [0.2, 0.25) is 0 Å². The van der Waals surface area contributed by atoms with Gasteiger partial charge in [-0.15, -0.1) is 0 Å². The second-order valence-electron chi connectivity index (χ2n) is 5.34. The summed E-state index contributed by atoms with van der Waals surface area (Å²) < 4.78 is 39.6. The highest BCUT2D eigenvalue weighted by molar-refractivity contribution is 5.02. The van der Waals surface area contributed by atoms with E-state index in [0.717, 1.165) is 12.3 Å². The van der Waals surface area contributed by atoms with E-state index in [-0.39, 0.29) is 0 Å². The molecule has 0 spiro atoms. The zero-order chi connectivity index (χ0) is 16.3. The lowest BCUT2D eigenvalue weighted by molar-refractivity contribution is -0.265. The number of alkyl halides is 1. The number of hydrogen-bond acceptors (Lipinski definition) is 6. The average Bonchev–Trinajstić information content (AvgIpc) is 2.84. The number of hydrogen-bond donors (Lipinski definition) is 2. The minimum Gasteiger partial charge on any atom is -0.390 e. The van der Waals surface area contributed by atoms with Crippen LogP contribution in [0.5, 0.6) is 0 Å². The van der Waals surface area contributed by atoms with Gasteiger partial charge in [0, 0.05) is 12.3 Å². The average molecular weight is 303 g/mol. The van der Waals surface area contributed by atoms with Crippen molar-refractivity contribution in [2.75, 3.05) is 6.61 Å². The van der Waals surface area contributed by atoms with E-state index in [1.165, 1.54) is 13.8 Å². The molecule has 2 aliphatic heterocycles. The molecular formula is C12H15FN2O6. The molecule has 8 nitrogen and oxygen atoms in total. The Morgan fingerprint density at radius 2 is 2.19 bits per heavy atom. The Bertz CT molecular complexity index is 720. The number of nitrogens with one attached hydrogen (secondary N) is 1. The standard InChI is InChI=1S/C12H15FN2O6/c1-11(2)19-7-8(20-11)12(13,5-16)21-9(7)15-4-3-6(17)14-10(15)18/h3-4,7-9,16H,5H2,1-2H3,(H,14,17,18)/t7-,8+,9-,12-/m1/s1/i9D. The van der Waals surface area contributed by atoms with Crippen molar-refractivity contribution in [2.24, 2.45) is 0 Å². The minimum absolute atomic E-state index is 0.669. The summed E-state index contributed by atoms with van der Waals surface area (Å²) in [5.74, 6) is -3.93. The Morgan fingerprint density at radius 3 is 2.81 bits per heavy atom. The first-order chi connectivity index (χ1) is 10.1. The van der Waals surface area contributed by atoms with Crippen LogP contribution in [0, 0.1) is 0 Å². The number of ether oxygens (including phenoxy) is 3. The third-order valence-corrected chi connectivity index (χ3v) is 3.32. The van der Waals surface area contributed by atoms with E-state index in [2.05, 4.69) is 0 Å².